The maximum Gasteiger partial charge on any atom is 0.0928 e. The maximum atomic E-state index is 4.30. The van der Waals surface area contributed by atoms with Crippen LogP contribution in [0.5, 0.6) is 0 Å². The normalized spacial score (nSPS) is 29.4. The zero-order valence-electron chi connectivity index (χ0n) is 6.57. The Bertz CT molecular complexity index is 237. The highest BCUT2D eigenvalue weighted by atomic mass is 79.9. The Balaban J connectivity index is 1.95. The molecule has 2 heterocycles. The number of aromatic nitrogens is 1. The third-order valence-electron chi connectivity index (χ3n) is 2.04. The summed E-state index contributed by atoms with van der Waals surface area (Å²) in [6.07, 6.45) is 3.05. The highest BCUT2D eigenvalue weighted by Crippen LogP contribution is 2.32. The van der Waals surface area contributed by atoms with Gasteiger partial charge in [-0.25, -0.2) is 4.98 Å². The molecule has 0 radical (unpaired) electrons. The Kier molecular flexibility index (Phi) is 3.10. The lowest BCUT2D eigenvalue weighted by atomic mass is 10.1. The number of halogens is 1. The van der Waals surface area contributed by atoms with Gasteiger partial charge in [0.25, 0.3) is 0 Å². The summed E-state index contributed by atoms with van der Waals surface area (Å²) in [5.41, 5.74) is 0. The first kappa shape index (κ1) is 9.03. The molecule has 1 aliphatic rings. The second kappa shape index (κ2) is 4.11. The van der Waals surface area contributed by atoms with E-state index >= 15 is 0 Å². The van der Waals surface area contributed by atoms with E-state index in [0.29, 0.717) is 4.83 Å². The Morgan fingerprint density at radius 1 is 1.58 bits per heavy atom. The Labute approximate surface area is 89.1 Å². The lowest BCUT2D eigenvalue weighted by molar-refractivity contribution is 0.614. The van der Waals surface area contributed by atoms with Crippen LogP contribution in [0.2, 0.25) is 0 Å². The van der Waals surface area contributed by atoms with Gasteiger partial charge in [-0.2, -0.15) is 11.8 Å². The number of rotatable bonds is 2. The molecule has 12 heavy (non-hydrogen) atoms. The van der Waals surface area contributed by atoms with Gasteiger partial charge in [0.15, 0.2) is 0 Å². The van der Waals surface area contributed by atoms with E-state index in [4.69, 9.17) is 0 Å². The summed E-state index contributed by atoms with van der Waals surface area (Å²) in [6, 6.07) is 0. The van der Waals surface area contributed by atoms with E-state index in [9.17, 15) is 0 Å². The summed E-state index contributed by atoms with van der Waals surface area (Å²) in [7, 11) is 0. The molecule has 2 rings (SSSR count). The first-order chi connectivity index (χ1) is 5.86. The highest BCUT2D eigenvalue weighted by molar-refractivity contribution is 9.09. The van der Waals surface area contributed by atoms with Crippen LogP contribution in [0.3, 0.4) is 0 Å². The van der Waals surface area contributed by atoms with Crippen LogP contribution >= 0.6 is 39.0 Å². The van der Waals surface area contributed by atoms with Gasteiger partial charge in [-0.1, -0.05) is 15.9 Å². The van der Waals surface area contributed by atoms with E-state index in [2.05, 4.69) is 26.3 Å². The van der Waals surface area contributed by atoms with E-state index in [1.54, 1.807) is 11.3 Å². The van der Waals surface area contributed by atoms with Crippen molar-refractivity contribution >= 4 is 39.0 Å². The lowest BCUT2D eigenvalue weighted by Crippen LogP contribution is -2.13. The molecule has 0 saturated carbocycles. The molecule has 0 spiro atoms. The predicted molar refractivity (Wildman–Crippen MR) is 59.3 cm³/mol. The summed E-state index contributed by atoms with van der Waals surface area (Å²) in [4.78, 5) is 5.00. The topological polar surface area (TPSA) is 12.9 Å². The molecule has 2 atom stereocenters. The molecule has 1 nitrogen and oxygen atoms in total. The second-order valence-corrected chi connectivity index (χ2v) is 6.17. The van der Waals surface area contributed by atoms with Gasteiger partial charge in [0.1, 0.15) is 0 Å². The molecule has 0 aromatic carbocycles. The van der Waals surface area contributed by atoms with Crippen molar-refractivity contribution in [2.24, 2.45) is 5.92 Å². The van der Waals surface area contributed by atoms with Crippen molar-refractivity contribution in [2.45, 2.75) is 11.2 Å². The lowest BCUT2D eigenvalue weighted by Gasteiger charge is -2.09. The minimum absolute atomic E-state index is 0.700. The summed E-state index contributed by atoms with van der Waals surface area (Å²) in [5.74, 6) is 3.34. The number of alkyl halides is 1. The molecule has 1 aliphatic heterocycles. The van der Waals surface area contributed by atoms with Gasteiger partial charge in [-0.3, -0.25) is 0 Å². The quantitative estimate of drug-likeness (QED) is 0.762. The van der Waals surface area contributed by atoms with E-state index in [1.165, 1.54) is 16.5 Å². The fraction of sp³-hybridized carbons (Fsp3) is 0.625. The zero-order chi connectivity index (χ0) is 8.39. The van der Waals surface area contributed by atoms with Crippen LogP contribution in [-0.2, 0) is 6.42 Å². The van der Waals surface area contributed by atoms with Crippen LogP contribution in [0.15, 0.2) is 11.6 Å². The summed E-state index contributed by atoms with van der Waals surface area (Å²) >= 11 is 7.52. The van der Waals surface area contributed by atoms with E-state index < -0.39 is 0 Å². The van der Waals surface area contributed by atoms with Crippen molar-refractivity contribution in [3.05, 3.63) is 16.6 Å². The van der Waals surface area contributed by atoms with E-state index in [1.807, 2.05) is 18.0 Å². The van der Waals surface area contributed by atoms with Crippen LogP contribution in [0.1, 0.15) is 5.01 Å². The van der Waals surface area contributed by atoms with Crippen LogP contribution in [0.25, 0.3) is 0 Å². The maximum absolute atomic E-state index is 4.30. The predicted octanol–water partition coefficient (Wildman–Crippen LogP) is 2.81. The third kappa shape index (κ3) is 2.03. The van der Waals surface area contributed by atoms with Gasteiger partial charge in [-0.15, -0.1) is 11.3 Å². The molecule has 1 aromatic rings. The molecule has 4 heteroatoms. The first-order valence-corrected chi connectivity index (χ1v) is 6.91. The van der Waals surface area contributed by atoms with Crippen molar-refractivity contribution in [3.8, 4) is 0 Å². The molecule has 66 valence electrons. The number of nitrogens with zero attached hydrogens (tertiary/aromatic N) is 1. The van der Waals surface area contributed by atoms with Gasteiger partial charge in [-0.05, 0) is 11.7 Å². The van der Waals surface area contributed by atoms with Crippen molar-refractivity contribution in [3.63, 3.8) is 0 Å². The van der Waals surface area contributed by atoms with Crippen molar-refractivity contribution in [1.29, 1.82) is 0 Å². The zero-order valence-corrected chi connectivity index (χ0v) is 9.79. The molecule has 1 saturated heterocycles. The molecular weight excluding hydrogens is 254 g/mol. The molecule has 0 bridgehead atoms. The molecule has 1 aromatic heterocycles. The number of thiazole rings is 1. The fourth-order valence-corrected chi connectivity index (χ4v) is 4.52. The average molecular weight is 264 g/mol. The minimum atomic E-state index is 0.700. The van der Waals surface area contributed by atoms with Crippen LogP contribution in [0.4, 0.5) is 0 Å². The molecule has 2 unspecified atom stereocenters. The first-order valence-electron chi connectivity index (χ1n) is 3.96. The highest BCUT2D eigenvalue weighted by Gasteiger charge is 2.25. The van der Waals surface area contributed by atoms with Gasteiger partial charge in [0.05, 0.1) is 5.01 Å². The molecule has 1 fully saturated rings. The molecular formula is C8H10BrNS2. The number of thioether (sulfide) groups is 1. The standard InChI is InChI=1S/C8H10BrNS2/c9-7-5-11-4-6(7)3-8-10-1-2-12-8/h1-2,6-7H,3-5H2. The monoisotopic (exact) mass is 263 g/mol. The van der Waals surface area contributed by atoms with E-state index in [0.717, 1.165) is 12.3 Å². The van der Waals surface area contributed by atoms with E-state index in [-0.39, 0.29) is 0 Å². The van der Waals surface area contributed by atoms with Gasteiger partial charge < -0.3 is 0 Å². The molecule has 0 amide bonds. The SMILES string of the molecule is BrC1CSCC1Cc1nccs1. The Morgan fingerprint density at radius 2 is 2.50 bits per heavy atom. The third-order valence-corrected chi connectivity index (χ3v) is 5.60. The second-order valence-electron chi connectivity index (χ2n) is 2.94. The minimum Gasteiger partial charge on any atom is -0.250 e. The van der Waals surface area contributed by atoms with Crippen molar-refractivity contribution in [2.75, 3.05) is 11.5 Å². The fourth-order valence-electron chi connectivity index (χ4n) is 1.34. The van der Waals surface area contributed by atoms with Crippen molar-refractivity contribution in [1.82, 2.24) is 4.98 Å². The van der Waals surface area contributed by atoms with Gasteiger partial charge in [0.2, 0.25) is 0 Å². The summed E-state index contributed by atoms with van der Waals surface area (Å²) in [5, 5.41) is 3.34. The van der Waals surface area contributed by atoms with Gasteiger partial charge >= 0.3 is 0 Å². The van der Waals surface area contributed by atoms with Gasteiger partial charge in [0, 0.05) is 28.6 Å². The molecule has 0 N–H and O–H groups in total. The van der Waals surface area contributed by atoms with Crippen LogP contribution in [0, 0.1) is 5.92 Å². The number of hydrogen-bond acceptors (Lipinski definition) is 3. The Hall–Kier alpha value is 0.460. The summed E-state index contributed by atoms with van der Waals surface area (Å²) in [6.45, 7) is 0. The smallest absolute Gasteiger partial charge is 0.0928 e. The van der Waals surface area contributed by atoms with Crippen molar-refractivity contribution < 1.29 is 0 Å². The largest absolute Gasteiger partial charge is 0.250 e. The summed E-state index contributed by atoms with van der Waals surface area (Å²) < 4.78 is 0. The average Bonchev–Trinajstić information content (AvgIpc) is 2.65. The van der Waals surface area contributed by atoms with Crippen LogP contribution < -0.4 is 0 Å². The Morgan fingerprint density at radius 3 is 3.08 bits per heavy atom. The number of hydrogen-bond donors (Lipinski definition) is 0. The molecule has 0 aliphatic carbocycles. The van der Waals surface area contributed by atoms with Crippen LogP contribution in [-0.4, -0.2) is 21.3 Å².